The van der Waals surface area contributed by atoms with Crippen LogP contribution in [0.1, 0.15) is 5.56 Å². The molecular weight excluding hydrogens is 327 g/mol. The number of benzene rings is 1. The van der Waals surface area contributed by atoms with Crippen molar-refractivity contribution in [1.29, 1.82) is 0 Å². The Morgan fingerprint density at radius 2 is 2.09 bits per heavy atom. The van der Waals surface area contributed by atoms with Gasteiger partial charge in [0, 0.05) is 10.0 Å². The molecule has 3 rings (SSSR count). The molecule has 8 heteroatoms. The molecule has 0 aliphatic rings. The molecular formula is C14H12Cl2N4O2. The van der Waals surface area contributed by atoms with Crippen molar-refractivity contribution in [2.45, 2.75) is 13.1 Å². The first kappa shape index (κ1) is 15.0. The summed E-state index contributed by atoms with van der Waals surface area (Å²) in [4.78, 5) is 16.7. The summed E-state index contributed by atoms with van der Waals surface area (Å²) in [7, 11) is 0. The lowest BCUT2D eigenvalue weighted by molar-refractivity contribution is 0.271. The lowest BCUT2D eigenvalue weighted by atomic mass is 10.2. The minimum Gasteiger partial charge on any atom is -0.394 e. The van der Waals surface area contributed by atoms with E-state index in [0.29, 0.717) is 34.2 Å². The maximum atomic E-state index is 12.5. The van der Waals surface area contributed by atoms with Crippen LogP contribution in [0.25, 0.3) is 11.0 Å². The monoisotopic (exact) mass is 338 g/mol. The van der Waals surface area contributed by atoms with Crippen molar-refractivity contribution < 1.29 is 5.11 Å². The van der Waals surface area contributed by atoms with E-state index in [2.05, 4.69) is 10.1 Å². The van der Waals surface area contributed by atoms with Crippen LogP contribution >= 0.6 is 23.2 Å². The van der Waals surface area contributed by atoms with Crippen LogP contribution in [0.2, 0.25) is 10.0 Å². The van der Waals surface area contributed by atoms with Gasteiger partial charge in [-0.1, -0.05) is 29.3 Å². The minimum atomic E-state index is -0.208. The van der Waals surface area contributed by atoms with Crippen molar-refractivity contribution in [2.75, 3.05) is 6.61 Å². The SMILES string of the molecule is O=c1c2cnn(CCO)c2ncn1Cc1ccc(Cl)cc1Cl. The first-order valence-electron chi connectivity index (χ1n) is 6.56. The average molecular weight is 339 g/mol. The maximum absolute atomic E-state index is 12.5. The van der Waals surface area contributed by atoms with Gasteiger partial charge in [-0.05, 0) is 17.7 Å². The summed E-state index contributed by atoms with van der Waals surface area (Å²) in [6, 6.07) is 5.13. The second kappa shape index (κ2) is 6.08. The second-order valence-corrected chi connectivity index (χ2v) is 5.59. The highest BCUT2D eigenvalue weighted by atomic mass is 35.5. The third-order valence-corrected chi connectivity index (χ3v) is 3.88. The minimum absolute atomic E-state index is 0.0675. The van der Waals surface area contributed by atoms with E-state index in [4.69, 9.17) is 28.3 Å². The zero-order chi connectivity index (χ0) is 15.7. The van der Waals surface area contributed by atoms with Crippen LogP contribution in [0.4, 0.5) is 0 Å². The first-order valence-corrected chi connectivity index (χ1v) is 7.31. The molecule has 0 unspecified atom stereocenters. The lowest BCUT2D eigenvalue weighted by Crippen LogP contribution is -2.21. The fourth-order valence-electron chi connectivity index (χ4n) is 2.20. The van der Waals surface area contributed by atoms with Crippen LogP contribution < -0.4 is 5.56 Å². The molecule has 0 saturated heterocycles. The smallest absolute Gasteiger partial charge is 0.264 e. The number of halogens is 2. The van der Waals surface area contributed by atoms with E-state index in [1.807, 2.05) is 0 Å². The van der Waals surface area contributed by atoms with E-state index >= 15 is 0 Å². The Kier molecular flexibility index (Phi) is 4.15. The van der Waals surface area contributed by atoms with E-state index in [-0.39, 0.29) is 12.2 Å². The molecule has 0 aliphatic heterocycles. The Morgan fingerprint density at radius 3 is 2.82 bits per heavy atom. The molecule has 0 saturated carbocycles. The van der Waals surface area contributed by atoms with Gasteiger partial charge in [0.15, 0.2) is 5.65 Å². The van der Waals surface area contributed by atoms with Gasteiger partial charge in [-0.15, -0.1) is 0 Å². The highest BCUT2D eigenvalue weighted by Gasteiger charge is 2.11. The van der Waals surface area contributed by atoms with Gasteiger partial charge in [0.1, 0.15) is 11.7 Å². The number of nitrogens with zero attached hydrogens (tertiary/aromatic N) is 4. The first-order chi connectivity index (χ1) is 10.6. The molecule has 0 aliphatic carbocycles. The summed E-state index contributed by atoms with van der Waals surface area (Å²) in [5.41, 5.74) is 1.02. The van der Waals surface area contributed by atoms with Crippen LogP contribution in [-0.2, 0) is 13.1 Å². The molecule has 6 nitrogen and oxygen atoms in total. The number of hydrogen-bond acceptors (Lipinski definition) is 4. The predicted octanol–water partition coefficient (Wildman–Crippen LogP) is 1.94. The molecule has 0 amide bonds. The summed E-state index contributed by atoms with van der Waals surface area (Å²) < 4.78 is 2.96. The molecule has 1 N–H and O–H groups in total. The standard InChI is InChI=1S/C14H12Cl2N4O2/c15-10-2-1-9(12(16)5-10)7-19-8-17-13-11(14(19)22)6-18-20(13)3-4-21/h1-2,5-6,8,21H,3-4,7H2. The van der Waals surface area contributed by atoms with Crippen molar-refractivity contribution in [3.05, 3.63) is 56.7 Å². The van der Waals surface area contributed by atoms with Crippen molar-refractivity contribution in [2.24, 2.45) is 0 Å². The Balaban J connectivity index is 2.01. The molecule has 114 valence electrons. The number of fused-ring (bicyclic) bond motifs is 1. The predicted molar refractivity (Wildman–Crippen MR) is 84.4 cm³/mol. The van der Waals surface area contributed by atoms with E-state index in [9.17, 15) is 4.79 Å². The zero-order valence-corrected chi connectivity index (χ0v) is 12.9. The molecule has 2 heterocycles. The summed E-state index contributed by atoms with van der Waals surface area (Å²) in [6.45, 7) is 0.522. The third kappa shape index (κ3) is 2.72. The van der Waals surface area contributed by atoms with Crippen LogP contribution in [0.3, 0.4) is 0 Å². The fraction of sp³-hybridized carbons (Fsp3) is 0.214. The quantitative estimate of drug-likeness (QED) is 0.788. The molecule has 2 aromatic heterocycles. The van der Waals surface area contributed by atoms with Gasteiger partial charge in [0.25, 0.3) is 5.56 Å². The summed E-state index contributed by atoms with van der Waals surface area (Å²) in [6.07, 6.45) is 2.91. The molecule has 1 aromatic carbocycles. The average Bonchev–Trinajstić information content (AvgIpc) is 2.89. The van der Waals surface area contributed by atoms with E-state index in [1.54, 1.807) is 18.2 Å². The molecule has 3 aromatic rings. The Hall–Kier alpha value is -1.89. The topological polar surface area (TPSA) is 72.9 Å². The van der Waals surface area contributed by atoms with E-state index < -0.39 is 0 Å². The highest BCUT2D eigenvalue weighted by molar-refractivity contribution is 6.35. The summed E-state index contributed by atoms with van der Waals surface area (Å²) >= 11 is 12.0. The molecule has 0 bridgehead atoms. The van der Waals surface area contributed by atoms with Crippen molar-refractivity contribution in [1.82, 2.24) is 19.3 Å². The van der Waals surface area contributed by atoms with Gasteiger partial charge in [-0.2, -0.15) is 5.10 Å². The maximum Gasteiger partial charge on any atom is 0.264 e. The highest BCUT2D eigenvalue weighted by Crippen LogP contribution is 2.21. The number of rotatable bonds is 4. The van der Waals surface area contributed by atoms with Crippen LogP contribution in [0, 0.1) is 0 Å². The molecule has 0 radical (unpaired) electrons. The number of aliphatic hydroxyl groups excluding tert-OH is 1. The van der Waals surface area contributed by atoms with Gasteiger partial charge in [0.2, 0.25) is 0 Å². The van der Waals surface area contributed by atoms with Gasteiger partial charge in [-0.3, -0.25) is 9.36 Å². The molecule has 0 spiro atoms. The Labute approximate surface area is 135 Å². The summed E-state index contributed by atoms with van der Waals surface area (Å²) in [5.74, 6) is 0. The third-order valence-electron chi connectivity index (χ3n) is 3.29. The van der Waals surface area contributed by atoms with Crippen molar-refractivity contribution in [3.8, 4) is 0 Å². The number of aliphatic hydroxyl groups is 1. The van der Waals surface area contributed by atoms with Crippen molar-refractivity contribution >= 4 is 34.2 Å². The van der Waals surface area contributed by atoms with Crippen molar-refractivity contribution in [3.63, 3.8) is 0 Å². The molecule has 0 atom stereocenters. The van der Waals surface area contributed by atoms with E-state index in [1.165, 1.54) is 21.8 Å². The Morgan fingerprint density at radius 1 is 1.27 bits per heavy atom. The van der Waals surface area contributed by atoms with Crippen LogP contribution in [0.5, 0.6) is 0 Å². The largest absolute Gasteiger partial charge is 0.394 e. The zero-order valence-electron chi connectivity index (χ0n) is 11.4. The van der Waals surface area contributed by atoms with Gasteiger partial charge < -0.3 is 5.11 Å². The summed E-state index contributed by atoms with van der Waals surface area (Å²) in [5, 5.41) is 14.5. The number of hydrogen-bond donors (Lipinski definition) is 1. The van der Waals surface area contributed by atoms with Gasteiger partial charge >= 0.3 is 0 Å². The van der Waals surface area contributed by atoms with Crippen LogP contribution in [0.15, 0.2) is 35.5 Å². The molecule has 22 heavy (non-hydrogen) atoms. The van der Waals surface area contributed by atoms with Crippen LogP contribution in [-0.4, -0.2) is 31.0 Å². The Bertz CT molecular complexity index is 888. The molecule has 0 fully saturated rings. The van der Waals surface area contributed by atoms with E-state index in [0.717, 1.165) is 5.56 Å². The normalized spacial score (nSPS) is 11.2. The lowest BCUT2D eigenvalue weighted by Gasteiger charge is -2.08. The second-order valence-electron chi connectivity index (χ2n) is 4.74. The van der Waals surface area contributed by atoms with Gasteiger partial charge in [0.05, 0.1) is 25.9 Å². The van der Waals surface area contributed by atoms with Gasteiger partial charge in [-0.25, -0.2) is 9.67 Å². The number of aromatic nitrogens is 4. The fourth-order valence-corrected chi connectivity index (χ4v) is 2.67.